The van der Waals surface area contributed by atoms with Crippen LogP contribution in [-0.2, 0) is 9.53 Å². The zero-order valence-corrected chi connectivity index (χ0v) is 11.3. The van der Waals surface area contributed by atoms with E-state index in [-0.39, 0.29) is 17.9 Å². The van der Waals surface area contributed by atoms with Crippen LogP contribution in [0.5, 0.6) is 0 Å². The summed E-state index contributed by atoms with van der Waals surface area (Å²) in [6, 6.07) is 2.99. The van der Waals surface area contributed by atoms with E-state index in [9.17, 15) is 19.3 Å². The highest BCUT2D eigenvalue weighted by Crippen LogP contribution is 2.32. The van der Waals surface area contributed by atoms with Crippen LogP contribution in [0.1, 0.15) is 12.8 Å². The van der Waals surface area contributed by atoms with E-state index in [1.807, 2.05) is 0 Å². The maximum Gasteiger partial charge on any atom is 0.271 e. The molecule has 0 saturated carbocycles. The summed E-state index contributed by atoms with van der Waals surface area (Å²) >= 11 is 0. The van der Waals surface area contributed by atoms with Crippen molar-refractivity contribution in [2.75, 3.05) is 25.1 Å². The maximum absolute atomic E-state index is 13.7. The van der Waals surface area contributed by atoms with E-state index >= 15 is 0 Å². The van der Waals surface area contributed by atoms with Gasteiger partial charge in [-0.25, -0.2) is 4.39 Å². The summed E-state index contributed by atoms with van der Waals surface area (Å²) in [6.07, 6.45) is 0.873. The molecule has 1 aromatic carbocycles. The second kappa shape index (κ2) is 6.15. The quantitative estimate of drug-likeness (QED) is 0.645. The first kappa shape index (κ1) is 15.3. The molecular weight excluding hydrogens is 281 g/mol. The zero-order valence-electron chi connectivity index (χ0n) is 11.3. The molecule has 1 aliphatic rings. The molecule has 1 fully saturated rings. The number of carbonyl (C=O) groups is 1. The van der Waals surface area contributed by atoms with Crippen LogP contribution in [0.2, 0.25) is 0 Å². The Bertz CT molecular complexity index is 558. The maximum atomic E-state index is 13.7. The molecule has 1 saturated heterocycles. The Balaban J connectivity index is 2.22. The third kappa shape index (κ3) is 3.17. The van der Waals surface area contributed by atoms with Crippen molar-refractivity contribution in [3.63, 3.8) is 0 Å². The molecular formula is C13H16FN3O4. The highest BCUT2D eigenvalue weighted by molar-refractivity contribution is 5.96. The number of amides is 1. The number of rotatable bonds is 4. The van der Waals surface area contributed by atoms with Crippen molar-refractivity contribution in [1.29, 1.82) is 0 Å². The molecule has 2 rings (SSSR count). The first-order valence-electron chi connectivity index (χ1n) is 6.52. The van der Waals surface area contributed by atoms with Gasteiger partial charge in [-0.05, 0) is 18.9 Å². The molecule has 114 valence electrons. The van der Waals surface area contributed by atoms with E-state index in [1.54, 1.807) is 0 Å². The number of hydrogen-bond donors (Lipinski definition) is 2. The van der Waals surface area contributed by atoms with Crippen LogP contribution in [0, 0.1) is 21.3 Å². The van der Waals surface area contributed by atoms with Crippen LogP contribution in [0.25, 0.3) is 0 Å². The minimum Gasteiger partial charge on any atom is -0.381 e. The van der Waals surface area contributed by atoms with Crippen LogP contribution in [0.15, 0.2) is 18.2 Å². The average Bonchev–Trinajstić information content (AvgIpc) is 2.49. The number of hydrogen-bond acceptors (Lipinski definition) is 5. The SMILES string of the molecule is NCC1(C(=O)Nc2cc([N+](=O)[O-])ccc2F)CCOCC1. The minimum absolute atomic E-state index is 0.110. The van der Waals surface area contributed by atoms with Gasteiger partial charge in [-0.1, -0.05) is 0 Å². The van der Waals surface area contributed by atoms with Crippen LogP contribution >= 0.6 is 0 Å². The molecule has 7 nitrogen and oxygen atoms in total. The van der Waals surface area contributed by atoms with Gasteiger partial charge in [0.2, 0.25) is 5.91 Å². The second-order valence-electron chi connectivity index (χ2n) is 4.97. The smallest absolute Gasteiger partial charge is 0.271 e. The van der Waals surface area contributed by atoms with Crippen molar-refractivity contribution >= 4 is 17.3 Å². The van der Waals surface area contributed by atoms with E-state index < -0.39 is 22.1 Å². The Morgan fingerprint density at radius 3 is 2.71 bits per heavy atom. The topological polar surface area (TPSA) is 107 Å². The van der Waals surface area contributed by atoms with Gasteiger partial charge in [0.25, 0.3) is 5.69 Å². The third-order valence-electron chi connectivity index (χ3n) is 3.73. The van der Waals surface area contributed by atoms with Crippen molar-refractivity contribution in [2.24, 2.45) is 11.1 Å². The molecule has 0 atom stereocenters. The van der Waals surface area contributed by atoms with Gasteiger partial charge in [0.15, 0.2) is 0 Å². The molecule has 0 unspecified atom stereocenters. The number of anilines is 1. The Labute approximate surface area is 120 Å². The monoisotopic (exact) mass is 297 g/mol. The van der Waals surface area contributed by atoms with Gasteiger partial charge in [-0.15, -0.1) is 0 Å². The molecule has 0 spiro atoms. The summed E-state index contributed by atoms with van der Waals surface area (Å²) in [5.41, 5.74) is 4.36. The number of benzene rings is 1. The lowest BCUT2D eigenvalue weighted by Crippen LogP contribution is -2.46. The van der Waals surface area contributed by atoms with Gasteiger partial charge in [-0.3, -0.25) is 14.9 Å². The van der Waals surface area contributed by atoms with Gasteiger partial charge in [-0.2, -0.15) is 0 Å². The van der Waals surface area contributed by atoms with Crippen molar-refractivity contribution in [3.8, 4) is 0 Å². The second-order valence-corrected chi connectivity index (χ2v) is 4.97. The predicted molar refractivity (Wildman–Crippen MR) is 73.2 cm³/mol. The molecule has 1 aromatic rings. The standard InChI is InChI=1S/C13H16FN3O4/c14-10-2-1-9(17(19)20)7-11(10)16-12(18)13(8-15)3-5-21-6-4-13/h1-2,7H,3-6,8,15H2,(H,16,18). The molecule has 0 aliphatic carbocycles. The number of nitro benzene ring substituents is 1. The molecule has 8 heteroatoms. The lowest BCUT2D eigenvalue weighted by molar-refractivity contribution is -0.384. The number of halogens is 1. The number of ether oxygens (including phenoxy) is 1. The molecule has 0 bridgehead atoms. The Hall–Kier alpha value is -2.06. The molecule has 21 heavy (non-hydrogen) atoms. The van der Waals surface area contributed by atoms with E-state index in [0.29, 0.717) is 26.1 Å². The fraction of sp³-hybridized carbons (Fsp3) is 0.462. The first-order chi connectivity index (χ1) is 9.98. The summed E-state index contributed by atoms with van der Waals surface area (Å²) in [5, 5.41) is 13.1. The van der Waals surface area contributed by atoms with Crippen molar-refractivity contribution < 1.29 is 18.8 Å². The van der Waals surface area contributed by atoms with Crippen molar-refractivity contribution in [3.05, 3.63) is 34.1 Å². The fourth-order valence-corrected chi connectivity index (χ4v) is 2.26. The molecule has 1 aliphatic heterocycles. The van der Waals surface area contributed by atoms with Gasteiger partial charge in [0.05, 0.1) is 16.0 Å². The summed E-state index contributed by atoms with van der Waals surface area (Å²) in [6.45, 7) is 0.919. The predicted octanol–water partition coefficient (Wildman–Crippen LogP) is 1.43. The highest BCUT2D eigenvalue weighted by Gasteiger charge is 2.39. The number of nitrogens with two attached hydrogens (primary N) is 1. The molecule has 0 aromatic heterocycles. The van der Waals surface area contributed by atoms with Crippen LogP contribution in [-0.4, -0.2) is 30.6 Å². The van der Waals surface area contributed by atoms with Crippen molar-refractivity contribution in [1.82, 2.24) is 0 Å². The van der Waals surface area contributed by atoms with E-state index in [0.717, 1.165) is 18.2 Å². The Kier molecular flexibility index (Phi) is 4.49. The summed E-state index contributed by atoms with van der Waals surface area (Å²) in [4.78, 5) is 22.4. The number of nitrogens with zero attached hydrogens (tertiary/aromatic N) is 1. The minimum atomic E-state index is -0.824. The number of nitrogens with one attached hydrogen (secondary N) is 1. The fourth-order valence-electron chi connectivity index (χ4n) is 2.26. The summed E-state index contributed by atoms with van der Waals surface area (Å²) in [7, 11) is 0. The van der Waals surface area contributed by atoms with Crippen molar-refractivity contribution in [2.45, 2.75) is 12.8 Å². The van der Waals surface area contributed by atoms with Crippen LogP contribution < -0.4 is 11.1 Å². The Morgan fingerprint density at radius 1 is 1.48 bits per heavy atom. The number of non-ortho nitro benzene ring substituents is 1. The zero-order chi connectivity index (χ0) is 15.5. The van der Waals surface area contributed by atoms with Gasteiger partial charge in [0.1, 0.15) is 5.82 Å². The number of carbonyl (C=O) groups excluding carboxylic acids is 1. The summed E-state index contributed by atoms with van der Waals surface area (Å²) < 4.78 is 18.9. The van der Waals surface area contributed by atoms with Gasteiger partial charge >= 0.3 is 0 Å². The number of nitro groups is 1. The molecule has 3 N–H and O–H groups in total. The molecule has 0 radical (unpaired) electrons. The third-order valence-corrected chi connectivity index (χ3v) is 3.73. The van der Waals surface area contributed by atoms with E-state index in [2.05, 4.69) is 5.32 Å². The van der Waals surface area contributed by atoms with E-state index in [4.69, 9.17) is 10.5 Å². The molecule has 1 amide bonds. The largest absolute Gasteiger partial charge is 0.381 e. The van der Waals surface area contributed by atoms with Crippen LogP contribution in [0.4, 0.5) is 15.8 Å². The van der Waals surface area contributed by atoms with Gasteiger partial charge in [0, 0.05) is 31.9 Å². The molecule has 1 heterocycles. The lowest BCUT2D eigenvalue weighted by Gasteiger charge is -2.34. The lowest BCUT2D eigenvalue weighted by atomic mass is 9.79. The normalized spacial score (nSPS) is 17.2. The first-order valence-corrected chi connectivity index (χ1v) is 6.52. The average molecular weight is 297 g/mol. The Morgan fingerprint density at radius 2 is 2.14 bits per heavy atom. The summed E-state index contributed by atoms with van der Waals surface area (Å²) in [5.74, 6) is -1.17. The highest BCUT2D eigenvalue weighted by atomic mass is 19.1. The van der Waals surface area contributed by atoms with Gasteiger partial charge < -0.3 is 15.8 Å². The van der Waals surface area contributed by atoms with Crippen LogP contribution in [0.3, 0.4) is 0 Å². The van der Waals surface area contributed by atoms with E-state index in [1.165, 1.54) is 0 Å².